The first-order valence-electron chi connectivity index (χ1n) is 5.90. The third-order valence-corrected chi connectivity index (χ3v) is 3.09. The van der Waals surface area contributed by atoms with Gasteiger partial charge in [-0.05, 0) is 30.7 Å². The molecule has 21 heavy (non-hydrogen) atoms. The Morgan fingerprint density at radius 2 is 2.00 bits per heavy atom. The van der Waals surface area contributed by atoms with Crippen molar-refractivity contribution >= 4 is 28.9 Å². The molecule has 2 rings (SSSR count). The largest absolute Gasteiger partial charge is 0.321 e. The topological polar surface area (TPSA) is 72.2 Å². The lowest BCUT2D eigenvalue weighted by molar-refractivity contribution is -0.384. The SMILES string of the molecule is Cc1ccc(C(=O)Nc2ccc([N+](=O)[O-])cc2Cl)c(F)c1. The van der Waals surface area contributed by atoms with E-state index in [1.165, 1.54) is 24.3 Å². The smallest absolute Gasteiger partial charge is 0.271 e. The van der Waals surface area contributed by atoms with E-state index in [1.807, 2.05) is 0 Å². The summed E-state index contributed by atoms with van der Waals surface area (Å²) in [5.41, 5.74) is 0.541. The summed E-state index contributed by atoms with van der Waals surface area (Å²) in [4.78, 5) is 22.0. The highest BCUT2D eigenvalue weighted by Gasteiger charge is 2.15. The van der Waals surface area contributed by atoms with E-state index >= 15 is 0 Å². The Morgan fingerprint density at radius 3 is 2.57 bits per heavy atom. The molecule has 0 unspecified atom stereocenters. The van der Waals surface area contributed by atoms with Crippen molar-refractivity contribution in [3.63, 3.8) is 0 Å². The third-order valence-electron chi connectivity index (χ3n) is 2.78. The van der Waals surface area contributed by atoms with Crippen molar-refractivity contribution in [3.05, 3.63) is 68.5 Å². The minimum absolute atomic E-state index is 0.00469. The second-order valence-corrected chi connectivity index (χ2v) is 4.77. The molecule has 2 aromatic carbocycles. The fraction of sp³-hybridized carbons (Fsp3) is 0.0714. The van der Waals surface area contributed by atoms with Crippen LogP contribution < -0.4 is 5.32 Å². The summed E-state index contributed by atoms with van der Waals surface area (Å²) in [6.45, 7) is 1.71. The van der Waals surface area contributed by atoms with Crippen molar-refractivity contribution < 1.29 is 14.1 Å². The summed E-state index contributed by atoms with van der Waals surface area (Å²) >= 11 is 5.86. The van der Waals surface area contributed by atoms with E-state index in [0.717, 1.165) is 6.07 Å². The molecule has 0 bridgehead atoms. The van der Waals surface area contributed by atoms with E-state index in [1.54, 1.807) is 13.0 Å². The number of nitrogens with one attached hydrogen (secondary N) is 1. The standard InChI is InChI=1S/C14H10ClFN2O3/c1-8-2-4-10(12(16)6-8)14(19)17-13-5-3-9(18(20)21)7-11(13)15/h2-7H,1H3,(H,17,19). The average molecular weight is 309 g/mol. The second-order valence-electron chi connectivity index (χ2n) is 4.36. The van der Waals surface area contributed by atoms with Crippen LogP contribution in [0.15, 0.2) is 36.4 Å². The van der Waals surface area contributed by atoms with E-state index in [0.29, 0.717) is 5.56 Å². The minimum atomic E-state index is -0.678. The van der Waals surface area contributed by atoms with Gasteiger partial charge >= 0.3 is 0 Å². The summed E-state index contributed by atoms with van der Waals surface area (Å²) < 4.78 is 13.7. The molecule has 2 aromatic rings. The molecule has 0 aromatic heterocycles. The number of hydrogen-bond acceptors (Lipinski definition) is 3. The molecule has 0 radical (unpaired) electrons. The van der Waals surface area contributed by atoms with Crippen LogP contribution in [0.4, 0.5) is 15.8 Å². The quantitative estimate of drug-likeness (QED) is 0.689. The Balaban J connectivity index is 2.25. The van der Waals surface area contributed by atoms with Gasteiger partial charge in [-0.2, -0.15) is 0 Å². The maximum absolute atomic E-state index is 13.7. The number of aryl methyl sites for hydroxylation is 1. The zero-order valence-corrected chi connectivity index (χ0v) is 11.6. The van der Waals surface area contributed by atoms with Crippen LogP contribution >= 0.6 is 11.6 Å². The Morgan fingerprint density at radius 1 is 1.29 bits per heavy atom. The van der Waals surface area contributed by atoms with E-state index < -0.39 is 16.6 Å². The predicted molar refractivity (Wildman–Crippen MR) is 77.2 cm³/mol. The average Bonchev–Trinajstić information content (AvgIpc) is 2.40. The molecule has 7 heteroatoms. The first-order chi connectivity index (χ1) is 9.88. The van der Waals surface area contributed by atoms with Gasteiger partial charge in [-0.25, -0.2) is 4.39 Å². The van der Waals surface area contributed by atoms with Crippen molar-refractivity contribution in [1.82, 2.24) is 0 Å². The maximum atomic E-state index is 13.7. The van der Waals surface area contributed by atoms with Crippen LogP contribution in [-0.2, 0) is 0 Å². The van der Waals surface area contributed by atoms with Crippen molar-refractivity contribution in [1.29, 1.82) is 0 Å². The number of non-ortho nitro benzene ring substituents is 1. The normalized spacial score (nSPS) is 10.2. The summed E-state index contributed by atoms with van der Waals surface area (Å²) in [5, 5.41) is 13.0. The number of halogens is 2. The number of hydrogen-bond donors (Lipinski definition) is 1. The number of nitrogens with zero attached hydrogens (tertiary/aromatic N) is 1. The molecule has 1 amide bonds. The summed E-state index contributed by atoms with van der Waals surface area (Å²) in [6.07, 6.45) is 0. The van der Waals surface area contributed by atoms with E-state index in [9.17, 15) is 19.3 Å². The van der Waals surface area contributed by atoms with Crippen LogP contribution in [0.25, 0.3) is 0 Å². The summed E-state index contributed by atoms with van der Waals surface area (Å²) in [7, 11) is 0. The molecule has 0 saturated heterocycles. The Kier molecular flexibility index (Phi) is 4.18. The molecule has 5 nitrogen and oxygen atoms in total. The highest BCUT2D eigenvalue weighted by Crippen LogP contribution is 2.27. The fourth-order valence-electron chi connectivity index (χ4n) is 1.71. The van der Waals surface area contributed by atoms with Crippen molar-refractivity contribution in [2.75, 3.05) is 5.32 Å². The molecule has 108 valence electrons. The lowest BCUT2D eigenvalue weighted by Gasteiger charge is -2.08. The number of carbonyl (C=O) groups excluding carboxylic acids is 1. The van der Waals surface area contributed by atoms with Crippen LogP contribution in [0.5, 0.6) is 0 Å². The predicted octanol–water partition coefficient (Wildman–Crippen LogP) is 3.95. The summed E-state index contributed by atoms with van der Waals surface area (Å²) in [5.74, 6) is -1.33. The van der Waals surface area contributed by atoms with Gasteiger partial charge < -0.3 is 5.32 Å². The molecule has 0 fully saturated rings. The molecule has 0 spiro atoms. The molecule has 0 saturated carbocycles. The number of nitro groups is 1. The van der Waals surface area contributed by atoms with Crippen LogP contribution in [-0.4, -0.2) is 10.8 Å². The number of amides is 1. The molecular weight excluding hydrogens is 299 g/mol. The molecule has 0 aliphatic rings. The minimum Gasteiger partial charge on any atom is -0.321 e. The Bertz CT molecular complexity index is 734. The number of anilines is 1. The Labute approximate surface area is 124 Å². The van der Waals surface area contributed by atoms with Gasteiger partial charge in [-0.1, -0.05) is 17.7 Å². The van der Waals surface area contributed by atoms with Gasteiger partial charge in [0.15, 0.2) is 0 Å². The van der Waals surface area contributed by atoms with Crippen LogP contribution in [0.1, 0.15) is 15.9 Å². The van der Waals surface area contributed by atoms with Gasteiger partial charge in [-0.3, -0.25) is 14.9 Å². The van der Waals surface area contributed by atoms with E-state index in [4.69, 9.17) is 11.6 Å². The van der Waals surface area contributed by atoms with Crippen LogP contribution in [0.3, 0.4) is 0 Å². The number of nitro benzene ring substituents is 1. The van der Waals surface area contributed by atoms with E-state index in [-0.39, 0.29) is 22.0 Å². The first kappa shape index (κ1) is 14.9. The van der Waals surface area contributed by atoms with E-state index in [2.05, 4.69) is 5.32 Å². The molecule has 0 aliphatic carbocycles. The third kappa shape index (κ3) is 3.35. The van der Waals surface area contributed by atoms with Gasteiger partial charge in [0, 0.05) is 12.1 Å². The molecule has 0 heterocycles. The first-order valence-corrected chi connectivity index (χ1v) is 6.27. The zero-order valence-electron chi connectivity index (χ0n) is 10.9. The van der Waals surface area contributed by atoms with Crippen molar-refractivity contribution in [3.8, 4) is 0 Å². The second kappa shape index (κ2) is 5.88. The highest BCUT2D eigenvalue weighted by molar-refractivity contribution is 6.34. The van der Waals surface area contributed by atoms with Crippen LogP contribution in [0, 0.1) is 22.9 Å². The monoisotopic (exact) mass is 308 g/mol. The molecule has 0 atom stereocenters. The lowest BCUT2D eigenvalue weighted by atomic mass is 10.1. The maximum Gasteiger partial charge on any atom is 0.271 e. The Hall–Kier alpha value is -2.47. The highest BCUT2D eigenvalue weighted by atomic mass is 35.5. The van der Waals surface area contributed by atoms with Gasteiger partial charge in [-0.15, -0.1) is 0 Å². The van der Waals surface area contributed by atoms with Gasteiger partial charge in [0.1, 0.15) is 5.82 Å². The molecule has 1 N–H and O–H groups in total. The molecular formula is C14H10ClFN2O3. The van der Waals surface area contributed by atoms with Crippen LogP contribution in [0.2, 0.25) is 5.02 Å². The van der Waals surface area contributed by atoms with Crippen molar-refractivity contribution in [2.24, 2.45) is 0 Å². The van der Waals surface area contributed by atoms with Gasteiger partial charge in [0.2, 0.25) is 0 Å². The lowest BCUT2D eigenvalue weighted by Crippen LogP contribution is -2.14. The number of benzene rings is 2. The number of carbonyl (C=O) groups is 1. The van der Waals surface area contributed by atoms with Crippen molar-refractivity contribution in [2.45, 2.75) is 6.92 Å². The van der Waals surface area contributed by atoms with Gasteiger partial charge in [0.05, 0.1) is 21.2 Å². The number of rotatable bonds is 3. The summed E-state index contributed by atoms with van der Waals surface area (Å²) in [6, 6.07) is 7.82. The fourth-order valence-corrected chi connectivity index (χ4v) is 1.93. The zero-order chi connectivity index (χ0) is 15.6. The van der Waals surface area contributed by atoms with Gasteiger partial charge in [0.25, 0.3) is 11.6 Å². The molecule has 0 aliphatic heterocycles.